The lowest BCUT2D eigenvalue weighted by Crippen LogP contribution is -2.40. The number of nitrogens with two attached hydrogens (primary N) is 1. The highest BCUT2D eigenvalue weighted by atomic mass is 16.5. The SMILES string of the molecule is Cc1ccc(C(=O)NC2CCCOC2)c(N)c1. The molecule has 1 aliphatic heterocycles. The number of aryl methyl sites for hydroxylation is 1. The summed E-state index contributed by atoms with van der Waals surface area (Å²) >= 11 is 0. The van der Waals surface area contributed by atoms with Gasteiger partial charge in [-0.1, -0.05) is 6.07 Å². The van der Waals surface area contributed by atoms with E-state index in [9.17, 15) is 4.79 Å². The summed E-state index contributed by atoms with van der Waals surface area (Å²) < 4.78 is 5.32. The van der Waals surface area contributed by atoms with Gasteiger partial charge in [0.15, 0.2) is 0 Å². The van der Waals surface area contributed by atoms with Gasteiger partial charge >= 0.3 is 0 Å². The third-order valence-corrected chi connectivity index (χ3v) is 2.95. The first kappa shape index (κ1) is 11.9. The molecule has 17 heavy (non-hydrogen) atoms. The summed E-state index contributed by atoms with van der Waals surface area (Å²) in [6.45, 7) is 3.34. The number of carbonyl (C=O) groups is 1. The molecule has 0 bridgehead atoms. The first-order chi connectivity index (χ1) is 8.16. The molecule has 1 unspecified atom stereocenters. The van der Waals surface area contributed by atoms with Crippen molar-refractivity contribution >= 4 is 11.6 Å². The van der Waals surface area contributed by atoms with E-state index in [4.69, 9.17) is 10.5 Å². The number of anilines is 1. The number of carbonyl (C=O) groups excluding carboxylic acids is 1. The van der Waals surface area contributed by atoms with Crippen LogP contribution in [0.15, 0.2) is 18.2 Å². The lowest BCUT2D eigenvalue weighted by molar-refractivity contribution is 0.0624. The monoisotopic (exact) mass is 234 g/mol. The molecule has 1 saturated heterocycles. The van der Waals surface area contributed by atoms with E-state index in [0.717, 1.165) is 25.0 Å². The van der Waals surface area contributed by atoms with Crippen molar-refractivity contribution in [1.82, 2.24) is 5.32 Å². The Morgan fingerprint density at radius 3 is 3.00 bits per heavy atom. The quantitative estimate of drug-likeness (QED) is 0.762. The highest BCUT2D eigenvalue weighted by molar-refractivity contribution is 5.99. The molecule has 1 aromatic rings. The number of nitrogen functional groups attached to an aromatic ring is 1. The van der Waals surface area contributed by atoms with Crippen LogP contribution in [-0.2, 0) is 4.74 Å². The van der Waals surface area contributed by atoms with E-state index in [2.05, 4.69) is 5.32 Å². The molecule has 1 heterocycles. The Hall–Kier alpha value is -1.55. The predicted octanol–water partition coefficient (Wildman–Crippen LogP) is 1.49. The fourth-order valence-corrected chi connectivity index (χ4v) is 2.01. The molecular weight excluding hydrogens is 216 g/mol. The van der Waals surface area contributed by atoms with E-state index < -0.39 is 0 Å². The van der Waals surface area contributed by atoms with Crippen LogP contribution in [0.4, 0.5) is 5.69 Å². The van der Waals surface area contributed by atoms with Gasteiger partial charge in [-0.2, -0.15) is 0 Å². The second-order valence-corrected chi connectivity index (χ2v) is 4.48. The highest BCUT2D eigenvalue weighted by Gasteiger charge is 2.18. The average Bonchev–Trinajstić information content (AvgIpc) is 2.30. The lowest BCUT2D eigenvalue weighted by Gasteiger charge is -2.23. The summed E-state index contributed by atoms with van der Waals surface area (Å²) in [5.74, 6) is -0.113. The van der Waals surface area contributed by atoms with Gasteiger partial charge in [0.2, 0.25) is 0 Å². The zero-order chi connectivity index (χ0) is 12.3. The molecule has 1 fully saturated rings. The van der Waals surface area contributed by atoms with E-state index in [1.807, 2.05) is 19.1 Å². The molecule has 4 heteroatoms. The van der Waals surface area contributed by atoms with Crippen LogP contribution in [0, 0.1) is 6.92 Å². The van der Waals surface area contributed by atoms with E-state index >= 15 is 0 Å². The maximum Gasteiger partial charge on any atom is 0.253 e. The standard InChI is InChI=1S/C13H18N2O2/c1-9-4-5-11(12(14)7-9)13(16)15-10-3-2-6-17-8-10/h4-5,7,10H,2-3,6,8,14H2,1H3,(H,15,16). The van der Waals surface area contributed by atoms with E-state index in [1.54, 1.807) is 6.07 Å². The summed E-state index contributed by atoms with van der Waals surface area (Å²) in [6.07, 6.45) is 1.96. The van der Waals surface area contributed by atoms with E-state index in [-0.39, 0.29) is 11.9 Å². The first-order valence-corrected chi connectivity index (χ1v) is 5.91. The number of hydrogen-bond donors (Lipinski definition) is 2. The molecular formula is C13H18N2O2. The van der Waals surface area contributed by atoms with Crippen molar-refractivity contribution in [3.05, 3.63) is 29.3 Å². The van der Waals surface area contributed by atoms with Gasteiger partial charge in [0.25, 0.3) is 5.91 Å². The molecule has 0 spiro atoms. The molecule has 1 aromatic carbocycles. The average molecular weight is 234 g/mol. The predicted molar refractivity (Wildman–Crippen MR) is 66.9 cm³/mol. The molecule has 0 aromatic heterocycles. The second kappa shape index (κ2) is 5.19. The van der Waals surface area contributed by atoms with Crippen LogP contribution in [0.5, 0.6) is 0 Å². The second-order valence-electron chi connectivity index (χ2n) is 4.48. The molecule has 1 aliphatic rings. The van der Waals surface area contributed by atoms with E-state index in [0.29, 0.717) is 17.9 Å². The van der Waals surface area contributed by atoms with Gasteiger partial charge in [-0.3, -0.25) is 4.79 Å². The Morgan fingerprint density at radius 2 is 2.35 bits per heavy atom. The minimum Gasteiger partial charge on any atom is -0.398 e. The normalized spacial score (nSPS) is 19.9. The van der Waals surface area contributed by atoms with Gasteiger partial charge in [-0.15, -0.1) is 0 Å². The van der Waals surface area contributed by atoms with Crippen LogP contribution in [-0.4, -0.2) is 25.2 Å². The molecule has 3 N–H and O–H groups in total. The molecule has 92 valence electrons. The summed E-state index contributed by atoms with van der Waals surface area (Å²) in [5, 5.41) is 2.95. The van der Waals surface area contributed by atoms with Crippen LogP contribution >= 0.6 is 0 Å². The lowest BCUT2D eigenvalue weighted by atomic mass is 10.1. The topological polar surface area (TPSA) is 64.3 Å². The van der Waals surface area contributed by atoms with Crippen molar-refractivity contribution in [3.8, 4) is 0 Å². The van der Waals surface area contributed by atoms with E-state index in [1.165, 1.54) is 0 Å². The largest absolute Gasteiger partial charge is 0.398 e. The van der Waals surface area contributed by atoms with Gasteiger partial charge in [-0.25, -0.2) is 0 Å². The maximum absolute atomic E-state index is 12.0. The molecule has 1 atom stereocenters. The summed E-state index contributed by atoms with van der Waals surface area (Å²) in [7, 11) is 0. The highest BCUT2D eigenvalue weighted by Crippen LogP contribution is 2.14. The van der Waals surface area contributed by atoms with Gasteiger partial charge in [0.05, 0.1) is 18.2 Å². The summed E-state index contributed by atoms with van der Waals surface area (Å²) in [4.78, 5) is 12.0. The number of amides is 1. The van der Waals surface area contributed by atoms with Gasteiger partial charge in [0.1, 0.15) is 0 Å². The Morgan fingerprint density at radius 1 is 1.53 bits per heavy atom. The van der Waals surface area contributed by atoms with Crippen molar-refractivity contribution in [1.29, 1.82) is 0 Å². The molecule has 2 rings (SSSR count). The van der Waals surface area contributed by atoms with Crippen LogP contribution in [0.1, 0.15) is 28.8 Å². The Bertz CT molecular complexity index is 412. The number of hydrogen-bond acceptors (Lipinski definition) is 3. The van der Waals surface area contributed by atoms with Crippen LogP contribution in [0.2, 0.25) is 0 Å². The molecule has 0 aliphatic carbocycles. The van der Waals surface area contributed by atoms with Crippen molar-refractivity contribution in [2.75, 3.05) is 18.9 Å². The van der Waals surface area contributed by atoms with Gasteiger partial charge in [0, 0.05) is 12.3 Å². The third kappa shape index (κ3) is 2.97. The number of benzene rings is 1. The van der Waals surface area contributed by atoms with Crippen LogP contribution < -0.4 is 11.1 Å². The van der Waals surface area contributed by atoms with Gasteiger partial charge in [-0.05, 0) is 37.5 Å². The van der Waals surface area contributed by atoms with Crippen molar-refractivity contribution < 1.29 is 9.53 Å². The molecule has 0 radical (unpaired) electrons. The summed E-state index contributed by atoms with van der Waals surface area (Å²) in [6, 6.07) is 5.58. The number of rotatable bonds is 2. The maximum atomic E-state index is 12.0. The zero-order valence-electron chi connectivity index (χ0n) is 10.0. The van der Waals surface area contributed by atoms with Crippen LogP contribution in [0.3, 0.4) is 0 Å². The molecule has 0 saturated carbocycles. The van der Waals surface area contributed by atoms with Crippen molar-refractivity contribution in [3.63, 3.8) is 0 Å². The third-order valence-electron chi connectivity index (χ3n) is 2.95. The Kier molecular flexibility index (Phi) is 3.64. The first-order valence-electron chi connectivity index (χ1n) is 5.91. The van der Waals surface area contributed by atoms with Crippen molar-refractivity contribution in [2.24, 2.45) is 0 Å². The van der Waals surface area contributed by atoms with Gasteiger partial charge < -0.3 is 15.8 Å². The smallest absolute Gasteiger partial charge is 0.253 e. The number of ether oxygens (including phenoxy) is 1. The summed E-state index contributed by atoms with van der Waals surface area (Å²) in [5.41, 5.74) is 7.96. The van der Waals surface area contributed by atoms with Crippen LogP contribution in [0.25, 0.3) is 0 Å². The Balaban J connectivity index is 2.03. The number of nitrogens with one attached hydrogen (secondary N) is 1. The molecule has 1 amide bonds. The Labute approximate surface area is 101 Å². The van der Waals surface area contributed by atoms with Crippen molar-refractivity contribution in [2.45, 2.75) is 25.8 Å². The minimum absolute atomic E-state index is 0.108. The minimum atomic E-state index is -0.113. The fraction of sp³-hybridized carbons (Fsp3) is 0.462. The zero-order valence-corrected chi connectivity index (χ0v) is 10.0. The fourth-order valence-electron chi connectivity index (χ4n) is 2.01. The molecule has 4 nitrogen and oxygen atoms in total.